The molecule has 1 heteroatoms. The van der Waals surface area contributed by atoms with E-state index in [0.29, 0.717) is 16.2 Å². The maximum absolute atomic E-state index is 6.05. The standard InChI is InChI=1S/C13H25N/c1-11(2)10(12(11,3)4)13(9-14)7-5-6-8-13/h10H,5-9,14H2,1-4H3. The fourth-order valence-electron chi connectivity index (χ4n) is 4.42. The summed E-state index contributed by atoms with van der Waals surface area (Å²) in [6.45, 7) is 10.6. The van der Waals surface area contributed by atoms with Crippen LogP contribution in [0.1, 0.15) is 53.4 Å². The first-order valence-electron chi connectivity index (χ1n) is 6.08. The average Bonchev–Trinajstić information content (AvgIpc) is 2.53. The van der Waals surface area contributed by atoms with Gasteiger partial charge in [0.1, 0.15) is 0 Å². The van der Waals surface area contributed by atoms with Crippen molar-refractivity contribution in [3.05, 3.63) is 0 Å². The van der Waals surface area contributed by atoms with Crippen LogP contribution in [-0.2, 0) is 0 Å². The Balaban J connectivity index is 2.24. The van der Waals surface area contributed by atoms with Crippen molar-refractivity contribution in [2.75, 3.05) is 6.54 Å². The van der Waals surface area contributed by atoms with Gasteiger partial charge in [-0.1, -0.05) is 40.5 Å². The summed E-state index contributed by atoms with van der Waals surface area (Å²) in [5.74, 6) is 0.856. The minimum Gasteiger partial charge on any atom is -0.330 e. The first-order chi connectivity index (χ1) is 6.38. The predicted molar refractivity (Wildman–Crippen MR) is 61.0 cm³/mol. The predicted octanol–water partition coefficient (Wildman–Crippen LogP) is 3.19. The number of nitrogens with two attached hydrogens (primary N) is 1. The zero-order valence-electron chi connectivity index (χ0n) is 10.2. The highest BCUT2D eigenvalue weighted by molar-refractivity contribution is 5.19. The van der Waals surface area contributed by atoms with Crippen LogP contribution in [0, 0.1) is 22.2 Å². The first kappa shape index (κ1) is 10.5. The molecule has 0 heterocycles. The molecule has 0 aromatic heterocycles. The first-order valence-corrected chi connectivity index (χ1v) is 6.08. The van der Waals surface area contributed by atoms with E-state index < -0.39 is 0 Å². The van der Waals surface area contributed by atoms with Gasteiger partial charge in [-0.05, 0) is 41.5 Å². The Labute approximate surface area is 88.4 Å². The van der Waals surface area contributed by atoms with E-state index in [2.05, 4.69) is 27.7 Å². The summed E-state index contributed by atoms with van der Waals surface area (Å²) in [5, 5.41) is 0. The summed E-state index contributed by atoms with van der Waals surface area (Å²) < 4.78 is 0. The third kappa shape index (κ3) is 1.05. The van der Waals surface area contributed by atoms with Crippen molar-refractivity contribution in [2.45, 2.75) is 53.4 Å². The lowest BCUT2D eigenvalue weighted by Crippen LogP contribution is -2.32. The van der Waals surface area contributed by atoms with Gasteiger partial charge < -0.3 is 5.73 Å². The molecule has 0 bridgehead atoms. The highest BCUT2D eigenvalue weighted by atomic mass is 14.8. The normalized spacial score (nSPS) is 33.2. The molecule has 2 rings (SSSR count). The largest absolute Gasteiger partial charge is 0.330 e. The van der Waals surface area contributed by atoms with Crippen molar-refractivity contribution in [1.82, 2.24) is 0 Å². The quantitative estimate of drug-likeness (QED) is 0.719. The maximum Gasteiger partial charge on any atom is -0.00175 e. The lowest BCUT2D eigenvalue weighted by atomic mass is 9.77. The monoisotopic (exact) mass is 195 g/mol. The molecule has 1 nitrogen and oxygen atoms in total. The summed E-state index contributed by atoms with van der Waals surface area (Å²) >= 11 is 0. The Hall–Kier alpha value is -0.0400. The Bertz CT molecular complexity index is 220. The topological polar surface area (TPSA) is 26.0 Å². The second kappa shape index (κ2) is 2.75. The highest BCUT2D eigenvalue weighted by Crippen LogP contribution is 2.76. The van der Waals surface area contributed by atoms with Gasteiger partial charge in [-0.25, -0.2) is 0 Å². The maximum atomic E-state index is 6.05. The molecule has 0 saturated heterocycles. The fourth-order valence-corrected chi connectivity index (χ4v) is 4.42. The second-order valence-corrected chi connectivity index (χ2v) is 6.65. The van der Waals surface area contributed by atoms with Crippen molar-refractivity contribution in [3.8, 4) is 0 Å². The van der Waals surface area contributed by atoms with Crippen molar-refractivity contribution in [2.24, 2.45) is 27.9 Å². The smallest absolute Gasteiger partial charge is 0.00175 e. The zero-order chi connectivity index (χ0) is 10.6. The molecular formula is C13H25N. The Kier molecular flexibility index (Phi) is 2.06. The Morgan fingerprint density at radius 3 is 1.71 bits per heavy atom. The van der Waals surface area contributed by atoms with E-state index in [4.69, 9.17) is 5.73 Å². The van der Waals surface area contributed by atoms with E-state index in [1.807, 2.05) is 0 Å². The Morgan fingerprint density at radius 1 is 1.00 bits per heavy atom. The van der Waals surface area contributed by atoms with Crippen LogP contribution in [0.25, 0.3) is 0 Å². The third-order valence-electron chi connectivity index (χ3n) is 5.64. The Morgan fingerprint density at radius 2 is 1.43 bits per heavy atom. The molecule has 2 saturated carbocycles. The van der Waals surface area contributed by atoms with Crippen LogP contribution in [0.2, 0.25) is 0 Å². The summed E-state index contributed by atoms with van der Waals surface area (Å²) in [5.41, 5.74) is 7.57. The van der Waals surface area contributed by atoms with Crippen LogP contribution < -0.4 is 5.73 Å². The SMILES string of the molecule is CC1(C)C(C2(CN)CCCC2)C1(C)C. The van der Waals surface area contributed by atoms with Gasteiger partial charge in [0.15, 0.2) is 0 Å². The number of rotatable bonds is 2. The van der Waals surface area contributed by atoms with Crippen molar-refractivity contribution in [3.63, 3.8) is 0 Å². The molecule has 0 aliphatic heterocycles. The van der Waals surface area contributed by atoms with Crippen LogP contribution >= 0.6 is 0 Å². The zero-order valence-corrected chi connectivity index (χ0v) is 10.2. The van der Waals surface area contributed by atoms with Gasteiger partial charge in [0.05, 0.1) is 0 Å². The second-order valence-electron chi connectivity index (χ2n) is 6.65. The lowest BCUT2D eigenvalue weighted by Gasteiger charge is -2.30. The van der Waals surface area contributed by atoms with Gasteiger partial charge in [-0.2, -0.15) is 0 Å². The summed E-state index contributed by atoms with van der Waals surface area (Å²) in [6.07, 6.45) is 5.56. The summed E-state index contributed by atoms with van der Waals surface area (Å²) in [4.78, 5) is 0. The van der Waals surface area contributed by atoms with Crippen molar-refractivity contribution < 1.29 is 0 Å². The van der Waals surface area contributed by atoms with Gasteiger partial charge in [0.25, 0.3) is 0 Å². The van der Waals surface area contributed by atoms with Gasteiger partial charge in [-0.15, -0.1) is 0 Å². The van der Waals surface area contributed by atoms with Crippen LogP contribution in [0.4, 0.5) is 0 Å². The molecule has 0 spiro atoms. The molecule has 82 valence electrons. The average molecular weight is 195 g/mol. The summed E-state index contributed by atoms with van der Waals surface area (Å²) in [6, 6.07) is 0. The number of hydrogen-bond donors (Lipinski definition) is 1. The molecule has 2 aliphatic rings. The molecule has 0 atom stereocenters. The minimum absolute atomic E-state index is 0.493. The third-order valence-corrected chi connectivity index (χ3v) is 5.64. The van der Waals surface area contributed by atoms with Gasteiger partial charge >= 0.3 is 0 Å². The highest BCUT2D eigenvalue weighted by Gasteiger charge is 2.71. The summed E-state index contributed by atoms with van der Waals surface area (Å²) in [7, 11) is 0. The molecule has 0 radical (unpaired) electrons. The van der Waals surface area contributed by atoms with Crippen LogP contribution in [-0.4, -0.2) is 6.54 Å². The van der Waals surface area contributed by atoms with Crippen molar-refractivity contribution >= 4 is 0 Å². The van der Waals surface area contributed by atoms with Gasteiger partial charge in [0, 0.05) is 0 Å². The molecule has 2 aliphatic carbocycles. The van der Waals surface area contributed by atoms with E-state index in [9.17, 15) is 0 Å². The van der Waals surface area contributed by atoms with E-state index in [1.165, 1.54) is 25.7 Å². The van der Waals surface area contributed by atoms with Gasteiger partial charge in [-0.3, -0.25) is 0 Å². The fraction of sp³-hybridized carbons (Fsp3) is 1.00. The van der Waals surface area contributed by atoms with E-state index >= 15 is 0 Å². The minimum atomic E-state index is 0.493. The van der Waals surface area contributed by atoms with Crippen molar-refractivity contribution in [1.29, 1.82) is 0 Å². The molecule has 2 fully saturated rings. The molecule has 0 unspecified atom stereocenters. The van der Waals surface area contributed by atoms with Crippen LogP contribution in [0.5, 0.6) is 0 Å². The molecule has 2 N–H and O–H groups in total. The van der Waals surface area contributed by atoms with E-state index in [0.717, 1.165) is 12.5 Å². The molecule has 14 heavy (non-hydrogen) atoms. The molecule has 0 aromatic rings. The molecular weight excluding hydrogens is 170 g/mol. The van der Waals surface area contributed by atoms with Crippen LogP contribution in [0.15, 0.2) is 0 Å². The number of hydrogen-bond acceptors (Lipinski definition) is 1. The van der Waals surface area contributed by atoms with Gasteiger partial charge in [0.2, 0.25) is 0 Å². The molecule has 0 aromatic carbocycles. The van der Waals surface area contributed by atoms with E-state index in [1.54, 1.807) is 0 Å². The molecule has 0 amide bonds. The van der Waals surface area contributed by atoms with E-state index in [-0.39, 0.29) is 0 Å². The lowest BCUT2D eigenvalue weighted by molar-refractivity contribution is 0.212. The van der Waals surface area contributed by atoms with Crippen LogP contribution in [0.3, 0.4) is 0 Å².